The Kier molecular flexibility index (Phi) is 7.81. The Balaban J connectivity index is 2.18. The van der Waals surface area contributed by atoms with Crippen LogP contribution in [0.2, 0.25) is 0 Å². The van der Waals surface area contributed by atoms with Gasteiger partial charge >= 0.3 is 6.18 Å². The Labute approximate surface area is 165 Å². The van der Waals surface area contributed by atoms with Crippen LogP contribution in [0.25, 0.3) is 11.1 Å². The summed E-state index contributed by atoms with van der Waals surface area (Å²) in [6.07, 6.45) is 0.668. The summed E-state index contributed by atoms with van der Waals surface area (Å²) in [5, 5.41) is 9.31. The summed E-state index contributed by atoms with van der Waals surface area (Å²) < 4.78 is 87.0. The molecular formula is C21H22F6O2. The third-order valence-corrected chi connectivity index (χ3v) is 4.50. The maximum Gasteiger partial charge on any atom is 0.422 e. The van der Waals surface area contributed by atoms with Crippen LogP contribution < -0.4 is 4.74 Å². The molecule has 0 unspecified atom stereocenters. The largest absolute Gasteiger partial charge is 0.507 e. The number of halogens is 6. The zero-order valence-corrected chi connectivity index (χ0v) is 15.9. The SMILES string of the molecule is CCCCCCCCOc1ccc(-c2ccc(O)c(C(F)(F)F)c2F)c(F)c1F. The Morgan fingerprint density at radius 1 is 0.793 bits per heavy atom. The van der Waals surface area contributed by atoms with Gasteiger partial charge in [0.2, 0.25) is 5.82 Å². The number of alkyl halides is 3. The Morgan fingerprint density at radius 2 is 1.38 bits per heavy atom. The van der Waals surface area contributed by atoms with Gasteiger partial charge in [0.05, 0.1) is 6.61 Å². The van der Waals surface area contributed by atoms with Crippen molar-refractivity contribution in [3.05, 3.63) is 47.3 Å². The van der Waals surface area contributed by atoms with Crippen LogP contribution in [0.3, 0.4) is 0 Å². The zero-order chi connectivity index (χ0) is 21.6. The number of unbranched alkanes of at least 4 members (excludes halogenated alkanes) is 5. The standard InChI is InChI=1S/C21H22F6O2/c1-2-3-4-5-6-7-12-29-16-11-9-14(19(23)20(16)24)13-8-10-15(28)17(18(13)22)21(25,26)27/h8-11,28H,2-7,12H2,1H3. The molecule has 1 N–H and O–H groups in total. The molecule has 160 valence electrons. The molecule has 0 aliphatic carbocycles. The topological polar surface area (TPSA) is 29.5 Å². The first-order valence-corrected chi connectivity index (χ1v) is 9.38. The van der Waals surface area contributed by atoms with Gasteiger partial charge in [-0.05, 0) is 30.7 Å². The highest BCUT2D eigenvalue weighted by Crippen LogP contribution is 2.42. The quantitative estimate of drug-likeness (QED) is 0.342. The molecule has 0 saturated carbocycles. The van der Waals surface area contributed by atoms with Gasteiger partial charge in [0.15, 0.2) is 11.6 Å². The van der Waals surface area contributed by atoms with Gasteiger partial charge in [-0.1, -0.05) is 39.0 Å². The average molecular weight is 420 g/mol. The summed E-state index contributed by atoms with van der Waals surface area (Å²) in [5.74, 6) is -6.54. The maximum atomic E-state index is 14.4. The van der Waals surface area contributed by atoms with Crippen molar-refractivity contribution in [2.24, 2.45) is 0 Å². The van der Waals surface area contributed by atoms with Crippen LogP contribution in [0.5, 0.6) is 11.5 Å². The number of benzene rings is 2. The van der Waals surface area contributed by atoms with Crippen molar-refractivity contribution >= 4 is 0 Å². The van der Waals surface area contributed by atoms with Gasteiger partial charge < -0.3 is 9.84 Å². The molecule has 2 aromatic carbocycles. The molecule has 2 rings (SSSR count). The summed E-state index contributed by atoms with van der Waals surface area (Å²) in [6, 6.07) is 3.34. The van der Waals surface area contributed by atoms with E-state index in [0.29, 0.717) is 12.5 Å². The van der Waals surface area contributed by atoms with Gasteiger partial charge in [-0.2, -0.15) is 17.6 Å². The lowest BCUT2D eigenvalue weighted by molar-refractivity contribution is -0.141. The van der Waals surface area contributed by atoms with E-state index in [2.05, 4.69) is 6.92 Å². The van der Waals surface area contributed by atoms with Crippen LogP contribution in [0, 0.1) is 17.5 Å². The fraction of sp³-hybridized carbons (Fsp3) is 0.429. The number of hydrogen-bond donors (Lipinski definition) is 1. The zero-order valence-electron chi connectivity index (χ0n) is 15.9. The highest BCUT2D eigenvalue weighted by atomic mass is 19.4. The smallest absolute Gasteiger partial charge is 0.422 e. The van der Waals surface area contributed by atoms with E-state index in [-0.39, 0.29) is 6.61 Å². The highest BCUT2D eigenvalue weighted by molar-refractivity contribution is 5.68. The average Bonchev–Trinajstić information content (AvgIpc) is 2.64. The van der Waals surface area contributed by atoms with Gasteiger partial charge in [0, 0.05) is 11.1 Å². The van der Waals surface area contributed by atoms with E-state index >= 15 is 0 Å². The molecule has 0 heterocycles. The van der Waals surface area contributed by atoms with Gasteiger partial charge in [0.1, 0.15) is 17.1 Å². The van der Waals surface area contributed by atoms with Gasteiger partial charge in [-0.15, -0.1) is 0 Å². The van der Waals surface area contributed by atoms with E-state index in [4.69, 9.17) is 4.74 Å². The number of phenols is 1. The summed E-state index contributed by atoms with van der Waals surface area (Å²) in [4.78, 5) is 0. The molecule has 0 amide bonds. The van der Waals surface area contributed by atoms with Crippen LogP contribution in [0.4, 0.5) is 26.3 Å². The second kappa shape index (κ2) is 9.89. The Morgan fingerprint density at radius 3 is 2.03 bits per heavy atom. The normalized spacial score (nSPS) is 11.7. The summed E-state index contributed by atoms with van der Waals surface area (Å²) in [7, 11) is 0. The van der Waals surface area contributed by atoms with E-state index in [0.717, 1.165) is 50.3 Å². The van der Waals surface area contributed by atoms with Crippen molar-refractivity contribution in [2.45, 2.75) is 51.6 Å². The van der Waals surface area contributed by atoms with E-state index in [9.17, 15) is 31.4 Å². The fourth-order valence-electron chi connectivity index (χ4n) is 2.96. The lowest BCUT2D eigenvalue weighted by Gasteiger charge is -2.15. The van der Waals surface area contributed by atoms with Crippen molar-refractivity contribution in [1.82, 2.24) is 0 Å². The molecule has 2 aromatic rings. The van der Waals surface area contributed by atoms with Gasteiger partial charge in [-0.25, -0.2) is 8.78 Å². The first kappa shape index (κ1) is 22.9. The summed E-state index contributed by atoms with van der Waals surface area (Å²) >= 11 is 0. The third-order valence-electron chi connectivity index (χ3n) is 4.50. The number of aromatic hydroxyl groups is 1. The van der Waals surface area contributed by atoms with Crippen LogP contribution in [-0.2, 0) is 6.18 Å². The van der Waals surface area contributed by atoms with Crippen molar-refractivity contribution in [1.29, 1.82) is 0 Å². The molecule has 0 aliphatic rings. The third kappa shape index (κ3) is 5.58. The first-order valence-electron chi connectivity index (χ1n) is 9.38. The number of ether oxygens (including phenoxy) is 1. The lowest BCUT2D eigenvalue weighted by Crippen LogP contribution is -2.10. The second-order valence-corrected chi connectivity index (χ2v) is 6.67. The monoisotopic (exact) mass is 420 g/mol. The fourth-order valence-corrected chi connectivity index (χ4v) is 2.96. The van der Waals surface area contributed by atoms with Crippen molar-refractivity contribution in [3.63, 3.8) is 0 Å². The molecule has 0 radical (unpaired) electrons. The number of rotatable bonds is 9. The van der Waals surface area contributed by atoms with Crippen LogP contribution in [0.1, 0.15) is 51.0 Å². The van der Waals surface area contributed by atoms with E-state index < -0.39 is 51.8 Å². The molecule has 0 atom stereocenters. The Bertz CT molecular complexity index is 833. The minimum atomic E-state index is -5.20. The predicted octanol–water partition coefficient (Wildman–Crippen LogP) is 7.23. The second-order valence-electron chi connectivity index (χ2n) is 6.67. The van der Waals surface area contributed by atoms with Gasteiger partial charge in [0.25, 0.3) is 0 Å². The number of hydrogen-bond acceptors (Lipinski definition) is 2. The van der Waals surface area contributed by atoms with E-state index in [1.807, 2.05) is 0 Å². The molecule has 2 nitrogen and oxygen atoms in total. The van der Waals surface area contributed by atoms with Crippen LogP contribution >= 0.6 is 0 Å². The Hall–Kier alpha value is -2.38. The molecule has 29 heavy (non-hydrogen) atoms. The van der Waals surface area contributed by atoms with Crippen LogP contribution in [0.15, 0.2) is 24.3 Å². The lowest BCUT2D eigenvalue weighted by atomic mass is 10.00. The minimum absolute atomic E-state index is 0.160. The van der Waals surface area contributed by atoms with Crippen molar-refractivity contribution in [2.75, 3.05) is 6.61 Å². The number of phenolic OH excluding ortho intramolecular Hbond substituents is 1. The molecular weight excluding hydrogens is 398 g/mol. The highest BCUT2D eigenvalue weighted by Gasteiger charge is 2.39. The molecule has 8 heteroatoms. The first-order chi connectivity index (χ1) is 13.7. The van der Waals surface area contributed by atoms with Crippen molar-refractivity contribution in [3.8, 4) is 22.6 Å². The van der Waals surface area contributed by atoms with E-state index in [1.54, 1.807) is 0 Å². The molecule has 0 aliphatic heterocycles. The van der Waals surface area contributed by atoms with Crippen molar-refractivity contribution < 1.29 is 36.2 Å². The van der Waals surface area contributed by atoms with Crippen LogP contribution in [-0.4, -0.2) is 11.7 Å². The molecule has 0 spiro atoms. The van der Waals surface area contributed by atoms with Gasteiger partial charge in [-0.3, -0.25) is 0 Å². The molecule has 0 fully saturated rings. The minimum Gasteiger partial charge on any atom is -0.507 e. The summed E-state index contributed by atoms with van der Waals surface area (Å²) in [6.45, 7) is 2.26. The van der Waals surface area contributed by atoms with E-state index in [1.165, 1.54) is 0 Å². The molecule has 0 saturated heterocycles. The molecule has 0 bridgehead atoms. The maximum absolute atomic E-state index is 14.4. The molecule has 0 aromatic heterocycles. The summed E-state index contributed by atoms with van der Waals surface area (Å²) in [5.41, 5.74) is -3.44. The predicted molar refractivity (Wildman–Crippen MR) is 97.3 cm³/mol.